The van der Waals surface area contributed by atoms with Gasteiger partial charge in [-0.15, -0.1) is 0 Å². The summed E-state index contributed by atoms with van der Waals surface area (Å²) in [7, 11) is 0. The lowest BCUT2D eigenvalue weighted by Crippen LogP contribution is -2.48. The molecular weight excluding hydrogens is 520 g/mol. The Hall–Kier alpha value is -3.16. The number of amides is 1. The van der Waals surface area contributed by atoms with Gasteiger partial charge in [-0.1, -0.05) is 58.4 Å². The summed E-state index contributed by atoms with van der Waals surface area (Å²) >= 11 is 3.47. The number of carbonyl (C=O) groups is 1. The molecule has 1 heterocycles. The van der Waals surface area contributed by atoms with Gasteiger partial charge in [-0.25, -0.2) is 4.99 Å². The molecule has 1 aliphatic heterocycles. The van der Waals surface area contributed by atoms with Gasteiger partial charge >= 0.3 is 0 Å². The van der Waals surface area contributed by atoms with Gasteiger partial charge in [0.1, 0.15) is 12.4 Å². The molecule has 188 valence electrons. The average Bonchev–Trinajstić information content (AvgIpc) is 3.34. The number of aliphatic hydroxyl groups is 1. The van der Waals surface area contributed by atoms with Gasteiger partial charge in [0.2, 0.25) is 5.90 Å². The van der Waals surface area contributed by atoms with Crippen LogP contribution in [0.4, 0.5) is 0 Å². The van der Waals surface area contributed by atoms with Gasteiger partial charge < -0.3 is 19.9 Å². The van der Waals surface area contributed by atoms with Gasteiger partial charge in [-0.3, -0.25) is 4.79 Å². The van der Waals surface area contributed by atoms with Crippen LogP contribution in [-0.2, 0) is 22.4 Å². The van der Waals surface area contributed by atoms with E-state index < -0.39 is 5.54 Å². The normalized spacial score (nSPS) is 16.8. The largest absolute Gasteiger partial charge is 0.494 e. The Morgan fingerprint density at radius 3 is 2.47 bits per heavy atom. The van der Waals surface area contributed by atoms with Crippen LogP contribution in [0.2, 0.25) is 0 Å². The van der Waals surface area contributed by atoms with Crippen LogP contribution < -0.4 is 10.1 Å². The summed E-state index contributed by atoms with van der Waals surface area (Å²) in [6.07, 6.45) is 2.77. The van der Waals surface area contributed by atoms with Crippen molar-refractivity contribution in [3.05, 3.63) is 100 Å². The molecule has 0 spiro atoms. The van der Waals surface area contributed by atoms with Crippen LogP contribution in [0.1, 0.15) is 29.5 Å². The second kappa shape index (κ2) is 12.7. The van der Waals surface area contributed by atoms with E-state index in [9.17, 15) is 4.79 Å². The summed E-state index contributed by atoms with van der Waals surface area (Å²) in [4.78, 5) is 18.3. The Bertz CT molecular complexity index is 1150. The second-order valence-electron chi connectivity index (χ2n) is 8.84. The summed E-state index contributed by atoms with van der Waals surface area (Å²) in [6, 6.07) is 25.6. The Balaban J connectivity index is 1.47. The Labute approximate surface area is 220 Å². The number of nitrogens with one attached hydrogen (secondary N) is 1. The number of rotatable bonds is 12. The van der Waals surface area contributed by atoms with Crippen LogP contribution >= 0.6 is 15.9 Å². The van der Waals surface area contributed by atoms with Crippen molar-refractivity contribution in [1.82, 2.24) is 5.32 Å². The third kappa shape index (κ3) is 6.95. The Kier molecular flexibility index (Phi) is 9.14. The molecule has 1 aliphatic rings. The maximum absolute atomic E-state index is 13.5. The molecule has 1 atom stereocenters. The predicted molar refractivity (Wildman–Crippen MR) is 144 cm³/mol. The van der Waals surface area contributed by atoms with Gasteiger partial charge in [-0.2, -0.15) is 0 Å². The van der Waals surface area contributed by atoms with E-state index in [0.717, 1.165) is 28.4 Å². The minimum Gasteiger partial charge on any atom is -0.494 e. The van der Waals surface area contributed by atoms with Crippen molar-refractivity contribution >= 4 is 27.7 Å². The SMILES string of the molecule is O=C(NCCCc1ccccc1)[C@@]1(Cc2ccc(Br)cc2)COC(c2ccc(OCCCO)cc2)=N1. The standard InChI is InChI=1S/C29H31BrN2O4/c30-25-13-9-23(10-14-25)20-29(28(34)31-17-4-8-22-6-2-1-3-7-22)21-36-27(32-29)24-11-15-26(16-12-24)35-19-5-18-33/h1-3,6-7,9-16,33H,4-5,8,17-21H2,(H,31,34)/t29-/m1/s1. The summed E-state index contributed by atoms with van der Waals surface area (Å²) in [5.74, 6) is 1.04. The molecule has 0 unspecified atom stereocenters. The summed E-state index contributed by atoms with van der Waals surface area (Å²) in [5, 5.41) is 12.0. The molecule has 6 nitrogen and oxygen atoms in total. The zero-order chi connectivity index (χ0) is 25.2. The molecule has 3 aromatic carbocycles. The molecule has 36 heavy (non-hydrogen) atoms. The molecule has 1 amide bonds. The van der Waals surface area contributed by atoms with Gasteiger partial charge in [0, 0.05) is 36.0 Å². The molecule has 0 radical (unpaired) electrons. The maximum atomic E-state index is 13.5. The summed E-state index contributed by atoms with van der Waals surface area (Å²) < 4.78 is 12.6. The predicted octanol–water partition coefficient (Wildman–Crippen LogP) is 4.72. The molecular formula is C29H31BrN2O4. The molecule has 3 aromatic rings. The van der Waals surface area contributed by atoms with Crippen LogP contribution in [0.3, 0.4) is 0 Å². The second-order valence-corrected chi connectivity index (χ2v) is 9.75. The van der Waals surface area contributed by atoms with E-state index in [1.807, 2.05) is 66.7 Å². The van der Waals surface area contributed by atoms with Crippen molar-refractivity contribution < 1.29 is 19.4 Å². The number of ether oxygens (including phenoxy) is 2. The van der Waals surface area contributed by atoms with Crippen molar-refractivity contribution in [2.75, 3.05) is 26.4 Å². The van der Waals surface area contributed by atoms with Crippen molar-refractivity contribution in [3.63, 3.8) is 0 Å². The average molecular weight is 551 g/mol. The number of hydrogen-bond acceptors (Lipinski definition) is 5. The molecule has 0 saturated carbocycles. The molecule has 0 bridgehead atoms. The lowest BCUT2D eigenvalue weighted by Gasteiger charge is -2.23. The summed E-state index contributed by atoms with van der Waals surface area (Å²) in [5.41, 5.74) is 2.02. The van der Waals surface area contributed by atoms with Crippen molar-refractivity contribution in [2.24, 2.45) is 4.99 Å². The fraction of sp³-hybridized carbons (Fsp3) is 0.310. The van der Waals surface area contributed by atoms with E-state index in [1.165, 1.54) is 5.56 Å². The Morgan fingerprint density at radius 2 is 1.75 bits per heavy atom. The monoisotopic (exact) mass is 550 g/mol. The maximum Gasteiger partial charge on any atom is 0.251 e. The van der Waals surface area contributed by atoms with E-state index in [-0.39, 0.29) is 19.1 Å². The van der Waals surface area contributed by atoms with E-state index >= 15 is 0 Å². The molecule has 0 saturated heterocycles. The first-order chi connectivity index (χ1) is 17.6. The first-order valence-corrected chi connectivity index (χ1v) is 13.0. The quantitative estimate of drug-likeness (QED) is 0.320. The third-order valence-electron chi connectivity index (χ3n) is 6.04. The number of aryl methyl sites for hydroxylation is 1. The van der Waals surface area contributed by atoms with Gasteiger partial charge in [0.05, 0.1) is 6.61 Å². The summed E-state index contributed by atoms with van der Waals surface area (Å²) in [6.45, 7) is 1.30. The number of aliphatic imine (C=N–C) groups is 1. The number of nitrogens with zero attached hydrogens (tertiary/aromatic N) is 1. The van der Waals surface area contributed by atoms with Crippen LogP contribution in [0.15, 0.2) is 88.3 Å². The molecule has 0 aromatic heterocycles. The highest BCUT2D eigenvalue weighted by Gasteiger charge is 2.44. The van der Waals surface area contributed by atoms with E-state index in [4.69, 9.17) is 19.6 Å². The number of halogens is 1. The number of benzene rings is 3. The topological polar surface area (TPSA) is 80.2 Å². The van der Waals surface area contributed by atoms with E-state index in [2.05, 4.69) is 33.4 Å². The molecule has 7 heteroatoms. The molecule has 4 rings (SSSR count). The number of aliphatic hydroxyl groups excluding tert-OH is 1. The van der Waals surface area contributed by atoms with E-state index in [0.29, 0.717) is 37.6 Å². The number of hydrogen-bond donors (Lipinski definition) is 2. The lowest BCUT2D eigenvalue weighted by molar-refractivity contribution is -0.126. The van der Waals surface area contributed by atoms with Crippen molar-refractivity contribution in [3.8, 4) is 5.75 Å². The van der Waals surface area contributed by atoms with Crippen LogP contribution in [-0.4, -0.2) is 48.8 Å². The minimum absolute atomic E-state index is 0.0947. The van der Waals surface area contributed by atoms with Crippen molar-refractivity contribution in [2.45, 2.75) is 31.2 Å². The Morgan fingerprint density at radius 1 is 1.00 bits per heavy atom. The third-order valence-corrected chi connectivity index (χ3v) is 6.57. The van der Waals surface area contributed by atoms with Gasteiger partial charge in [0.15, 0.2) is 5.54 Å². The molecule has 2 N–H and O–H groups in total. The van der Waals surface area contributed by atoms with Crippen LogP contribution in [0.25, 0.3) is 0 Å². The fourth-order valence-electron chi connectivity index (χ4n) is 4.07. The van der Waals surface area contributed by atoms with Gasteiger partial charge in [0.25, 0.3) is 5.91 Å². The molecule has 0 fully saturated rings. The lowest BCUT2D eigenvalue weighted by atomic mass is 9.91. The highest BCUT2D eigenvalue weighted by atomic mass is 79.9. The first-order valence-electron chi connectivity index (χ1n) is 12.2. The minimum atomic E-state index is -1.04. The highest BCUT2D eigenvalue weighted by Crippen LogP contribution is 2.28. The fourth-order valence-corrected chi connectivity index (χ4v) is 4.34. The highest BCUT2D eigenvalue weighted by molar-refractivity contribution is 9.10. The van der Waals surface area contributed by atoms with Gasteiger partial charge in [-0.05, 0) is 60.4 Å². The van der Waals surface area contributed by atoms with E-state index in [1.54, 1.807) is 0 Å². The molecule has 0 aliphatic carbocycles. The van der Waals surface area contributed by atoms with Crippen LogP contribution in [0, 0.1) is 0 Å². The zero-order valence-electron chi connectivity index (χ0n) is 20.2. The zero-order valence-corrected chi connectivity index (χ0v) is 21.7. The smallest absolute Gasteiger partial charge is 0.251 e. The van der Waals surface area contributed by atoms with Crippen molar-refractivity contribution in [1.29, 1.82) is 0 Å². The first kappa shape index (κ1) is 25.9. The number of carbonyl (C=O) groups excluding carboxylic acids is 1. The van der Waals surface area contributed by atoms with Crippen LogP contribution in [0.5, 0.6) is 5.75 Å².